The Morgan fingerprint density at radius 2 is 2.00 bits per heavy atom. The third-order valence-electron chi connectivity index (χ3n) is 5.87. The second kappa shape index (κ2) is 9.33. The molecule has 1 aliphatic heterocycles. The summed E-state index contributed by atoms with van der Waals surface area (Å²) >= 11 is 0. The number of guanidine groups is 1. The predicted molar refractivity (Wildman–Crippen MR) is 122 cm³/mol. The number of aliphatic imine (C=N–C) groups is 1. The number of nitrogens with one attached hydrogen (secondary N) is 2. The van der Waals surface area contributed by atoms with Crippen molar-refractivity contribution < 1.29 is 0 Å². The molecule has 158 valence electrons. The van der Waals surface area contributed by atoms with Crippen molar-refractivity contribution in [3.05, 3.63) is 46.8 Å². The van der Waals surface area contributed by atoms with Gasteiger partial charge in [0.2, 0.25) is 0 Å². The van der Waals surface area contributed by atoms with Crippen molar-refractivity contribution >= 4 is 11.6 Å². The molecule has 0 saturated heterocycles. The SMILES string of the molecule is CCNC(=NCC(C)N1CCc2ccccc21)NC(C)Cc1c(C)nn(C)c1C. The zero-order valence-corrected chi connectivity index (χ0v) is 18.8. The number of benzene rings is 1. The fourth-order valence-corrected chi connectivity index (χ4v) is 4.17. The largest absolute Gasteiger partial charge is 0.366 e. The molecule has 2 heterocycles. The van der Waals surface area contributed by atoms with Crippen LogP contribution in [0.1, 0.15) is 43.3 Å². The molecule has 0 radical (unpaired) electrons. The first-order valence-electron chi connectivity index (χ1n) is 10.8. The monoisotopic (exact) mass is 396 g/mol. The Balaban J connectivity index is 1.62. The molecule has 0 bridgehead atoms. The van der Waals surface area contributed by atoms with Crippen LogP contribution < -0.4 is 15.5 Å². The van der Waals surface area contributed by atoms with Crippen LogP contribution in [0.2, 0.25) is 0 Å². The van der Waals surface area contributed by atoms with Gasteiger partial charge in [0.15, 0.2) is 5.96 Å². The van der Waals surface area contributed by atoms with Gasteiger partial charge < -0.3 is 15.5 Å². The van der Waals surface area contributed by atoms with E-state index in [9.17, 15) is 0 Å². The average molecular weight is 397 g/mol. The van der Waals surface area contributed by atoms with E-state index in [1.807, 2.05) is 11.7 Å². The summed E-state index contributed by atoms with van der Waals surface area (Å²) < 4.78 is 1.96. The molecule has 0 fully saturated rings. The first-order valence-corrected chi connectivity index (χ1v) is 10.8. The summed E-state index contributed by atoms with van der Waals surface area (Å²) in [5, 5.41) is 11.5. The van der Waals surface area contributed by atoms with Gasteiger partial charge in [0.05, 0.1) is 12.2 Å². The summed E-state index contributed by atoms with van der Waals surface area (Å²) in [6.45, 7) is 13.5. The van der Waals surface area contributed by atoms with E-state index in [2.05, 4.69) is 79.5 Å². The number of nitrogens with zero attached hydrogens (tertiary/aromatic N) is 4. The van der Waals surface area contributed by atoms with E-state index in [4.69, 9.17) is 4.99 Å². The van der Waals surface area contributed by atoms with Crippen LogP contribution in [-0.2, 0) is 19.9 Å². The molecule has 2 aromatic rings. The lowest BCUT2D eigenvalue weighted by atomic mass is 10.1. The topological polar surface area (TPSA) is 57.5 Å². The molecule has 6 nitrogen and oxygen atoms in total. The van der Waals surface area contributed by atoms with Crippen molar-refractivity contribution in [1.82, 2.24) is 20.4 Å². The molecule has 29 heavy (non-hydrogen) atoms. The number of anilines is 1. The summed E-state index contributed by atoms with van der Waals surface area (Å²) in [5.41, 5.74) is 6.49. The van der Waals surface area contributed by atoms with Crippen LogP contribution in [0.25, 0.3) is 0 Å². The van der Waals surface area contributed by atoms with Crippen LogP contribution in [-0.4, -0.2) is 47.5 Å². The predicted octanol–water partition coefficient (Wildman–Crippen LogP) is 2.97. The van der Waals surface area contributed by atoms with E-state index in [0.717, 1.165) is 44.1 Å². The standard InChI is InChI=1S/C23H36N6/c1-7-24-23(26-16(2)14-21-18(4)27-28(6)19(21)5)25-15-17(3)29-13-12-20-10-8-9-11-22(20)29/h8-11,16-17H,7,12-15H2,1-6H3,(H2,24,25,26). The fraction of sp³-hybridized carbons (Fsp3) is 0.565. The Kier molecular flexibility index (Phi) is 6.83. The van der Waals surface area contributed by atoms with Gasteiger partial charge in [-0.05, 0) is 64.7 Å². The van der Waals surface area contributed by atoms with Gasteiger partial charge in [-0.3, -0.25) is 9.67 Å². The second-order valence-corrected chi connectivity index (χ2v) is 8.16. The lowest BCUT2D eigenvalue weighted by Crippen LogP contribution is -2.44. The molecular weight excluding hydrogens is 360 g/mol. The fourth-order valence-electron chi connectivity index (χ4n) is 4.17. The van der Waals surface area contributed by atoms with Crippen molar-refractivity contribution in [1.29, 1.82) is 0 Å². The summed E-state index contributed by atoms with van der Waals surface area (Å²) in [6, 6.07) is 9.37. The van der Waals surface area contributed by atoms with Gasteiger partial charge in [-0.15, -0.1) is 0 Å². The molecule has 2 N–H and O–H groups in total. The highest BCUT2D eigenvalue weighted by Gasteiger charge is 2.22. The van der Waals surface area contributed by atoms with Gasteiger partial charge in [-0.25, -0.2) is 0 Å². The Hall–Kier alpha value is -2.50. The number of aryl methyl sites for hydroxylation is 2. The van der Waals surface area contributed by atoms with Gasteiger partial charge in [-0.2, -0.15) is 5.10 Å². The van der Waals surface area contributed by atoms with E-state index in [-0.39, 0.29) is 6.04 Å². The quantitative estimate of drug-likeness (QED) is 0.558. The highest BCUT2D eigenvalue weighted by Crippen LogP contribution is 2.29. The third-order valence-corrected chi connectivity index (χ3v) is 5.87. The minimum Gasteiger partial charge on any atom is -0.366 e. The van der Waals surface area contributed by atoms with Crippen LogP contribution >= 0.6 is 0 Å². The molecule has 1 aromatic heterocycles. The van der Waals surface area contributed by atoms with Gasteiger partial charge in [-0.1, -0.05) is 18.2 Å². The highest BCUT2D eigenvalue weighted by atomic mass is 15.3. The molecule has 2 atom stereocenters. The lowest BCUT2D eigenvalue weighted by molar-refractivity contribution is 0.623. The number of rotatable bonds is 7. The van der Waals surface area contributed by atoms with E-state index in [1.165, 1.54) is 22.5 Å². The van der Waals surface area contributed by atoms with Crippen LogP contribution in [0.5, 0.6) is 0 Å². The van der Waals surface area contributed by atoms with Crippen molar-refractivity contribution in [3.63, 3.8) is 0 Å². The number of hydrogen-bond acceptors (Lipinski definition) is 3. The van der Waals surface area contributed by atoms with Crippen molar-refractivity contribution in [2.75, 3.05) is 24.5 Å². The van der Waals surface area contributed by atoms with Gasteiger partial charge in [0.25, 0.3) is 0 Å². The van der Waals surface area contributed by atoms with Crippen LogP contribution in [0.4, 0.5) is 5.69 Å². The second-order valence-electron chi connectivity index (χ2n) is 8.16. The smallest absolute Gasteiger partial charge is 0.191 e. The minimum absolute atomic E-state index is 0.275. The first-order chi connectivity index (χ1) is 13.9. The number of para-hydroxylation sites is 1. The number of aromatic nitrogens is 2. The van der Waals surface area contributed by atoms with E-state index < -0.39 is 0 Å². The Bertz CT molecular complexity index is 853. The molecule has 0 spiro atoms. The van der Waals surface area contributed by atoms with Gasteiger partial charge in [0.1, 0.15) is 0 Å². The highest BCUT2D eigenvalue weighted by molar-refractivity contribution is 5.80. The van der Waals surface area contributed by atoms with Gasteiger partial charge in [0, 0.05) is 43.6 Å². The minimum atomic E-state index is 0.275. The van der Waals surface area contributed by atoms with Crippen LogP contribution in [0.15, 0.2) is 29.3 Å². The molecule has 0 saturated carbocycles. The average Bonchev–Trinajstić information content (AvgIpc) is 3.22. The van der Waals surface area contributed by atoms with E-state index in [0.29, 0.717) is 6.04 Å². The Morgan fingerprint density at radius 3 is 2.69 bits per heavy atom. The van der Waals surface area contributed by atoms with Gasteiger partial charge >= 0.3 is 0 Å². The Morgan fingerprint density at radius 1 is 1.24 bits per heavy atom. The maximum Gasteiger partial charge on any atom is 0.191 e. The Labute approximate surface area is 175 Å². The molecule has 2 unspecified atom stereocenters. The summed E-state index contributed by atoms with van der Waals surface area (Å²) in [5.74, 6) is 0.888. The first kappa shape index (κ1) is 21.2. The number of fused-ring (bicyclic) bond motifs is 1. The van der Waals surface area contributed by atoms with Crippen molar-refractivity contribution in [2.45, 2.75) is 59.5 Å². The van der Waals surface area contributed by atoms with Crippen LogP contribution in [0.3, 0.4) is 0 Å². The van der Waals surface area contributed by atoms with E-state index >= 15 is 0 Å². The van der Waals surface area contributed by atoms with Crippen LogP contribution in [0, 0.1) is 13.8 Å². The van der Waals surface area contributed by atoms with Crippen molar-refractivity contribution in [3.8, 4) is 0 Å². The zero-order valence-electron chi connectivity index (χ0n) is 18.8. The summed E-state index contributed by atoms with van der Waals surface area (Å²) in [4.78, 5) is 7.37. The zero-order chi connectivity index (χ0) is 21.0. The van der Waals surface area contributed by atoms with E-state index in [1.54, 1.807) is 0 Å². The normalized spacial score (nSPS) is 15.9. The maximum absolute atomic E-state index is 4.89. The molecule has 1 aromatic carbocycles. The molecule has 6 heteroatoms. The molecule has 0 amide bonds. The summed E-state index contributed by atoms with van der Waals surface area (Å²) in [6.07, 6.45) is 2.06. The van der Waals surface area contributed by atoms with Crippen molar-refractivity contribution in [2.24, 2.45) is 12.0 Å². The molecule has 0 aliphatic carbocycles. The summed E-state index contributed by atoms with van der Waals surface area (Å²) in [7, 11) is 2.01. The lowest BCUT2D eigenvalue weighted by Gasteiger charge is -2.26. The maximum atomic E-state index is 4.89. The molecule has 3 rings (SSSR count). The molecular formula is C23H36N6. The third kappa shape index (κ3) is 4.92. The number of hydrogen-bond donors (Lipinski definition) is 2. The molecule has 1 aliphatic rings.